The molecule has 0 aliphatic rings. The largest absolute Gasteiger partial charge is 0.324 e. The van der Waals surface area contributed by atoms with Crippen molar-refractivity contribution in [3.05, 3.63) is 29.0 Å². The molecule has 0 aliphatic heterocycles. The Bertz CT molecular complexity index is 407. The van der Waals surface area contributed by atoms with Crippen LogP contribution < -0.4 is 5.32 Å². The van der Waals surface area contributed by atoms with Crippen molar-refractivity contribution < 1.29 is 9.18 Å². The first kappa shape index (κ1) is 13.3. The van der Waals surface area contributed by atoms with E-state index < -0.39 is 11.2 Å². The van der Waals surface area contributed by atoms with Crippen molar-refractivity contribution in [1.82, 2.24) is 0 Å². The normalized spacial score (nSPS) is 11.3. The quantitative estimate of drug-likeness (QED) is 0.829. The first-order chi connectivity index (χ1) is 7.36. The van der Waals surface area contributed by atoms with Crippen molar-refractivity contribution in [3.8, 4) is 0 Å². The van der Waals surface area contributed by atoms with E-state index in [9.17, 15) is 9.18 Å². The molecule has 5 heteroatoms. The number of halogens is 3. The molecule has 0 unspecified atom stereocenters. The van der Waals surface area contributed by atoms with Crippen molar-refractivity contribution in [2.24, 2.45) is 5.41 Å². The molecular weight excluding hydrogens is 252 g/mol. The lowest BCUT2D eigenvalue weighted by Crippen LogP contribution is -2.32. The number of carbonyl (C=O) groups excluding carboxylic acids is 1. The second-order valence-electron chi connectivity index (χ2n) is 4.10. The zero-order valence-electron chi connectivity index (χ0n) is 8.98. The predicted molar refractivity (Wildman–Crippen MR) is 64.5 cm³/mol. The molecule has 0 bridgehead atoms. The third-order valence-electron chi connectivity index (χ3n) is 2.13. The van der Waals surface area contributed by atoms with E-state index in [4.69, 9.17) is 23.2 Å². The molecule has 0 aromatic heterocycles. The van der Waals surface area contributed by atoms with Gasteiger partial charge >= 0.3 is 0 Å². The molecule has 0 atom stereocenters. The molecule has 0 radical (unpaired) electrons. The molecule has 1 amide bonds. The summed E-state index contributed by atoms with van der Waals surface area (Å²) >= 11 is 11.5. The molecule has 1 rings (SSSR count). The predicted octanol–water partition coefficient (Wildman–Crippen LogP) is 3.68. The van der Waals surface area contributed by atoms with Crippen LogP contribution in [-0.4, -0.2) is 11.8 Å². The van der Waals surface area contributed by atoms with Crippen LogP contribution in [0.2, 0.25) is 5.02 Å². The molecule has 1 aromatic carbocycles. The summed E-state index contributed by atoms with van der Waals surface area (Å²) in [4.78, 5) is 11.8. The summed E-state index contributed by atoms with van der Waals surface area (Å²) in [5.74, 6) is -0.579. The Kier molecular flexibility index (Phi) is 4.16. The highest BCUT2D eigenvalue weighted by molar-refractivity contribution is 6.33. The van der Waals surface area contributed by atoms with Crippen LogP contribution in [-0.2, 0) is 4.79 Å². The van der Waals surface area contributed by atoms with E-state index >= 15 is 0 Å². The average Bonchev–Trinajstić information content (AvgIpc) is 2.23. The number of benzene rings is 1. The molecule has 0 aliphatic carbocycles. The zero-order valence-corrected chi connectivity index (χ0v) is 10.5. The van der Waals surface area contributed by atoms with Crippen molar-refractivity contribution >= 4 is 34.8 Å². The molecule has 16 heavy (non-hydrogen) atoms. The van der Waals surface area contributed by atoms with E-state index in [0.29, 0.717) is 5.02 Å². The van der Waals surface area contributed by atoms with Gasteiger partial charge < -0.3 is 5.32 Å². The molecular formula is C11H12Cl2FNO. The van der Waals surface area contributed by atoms with Crippen LogP contribution in [0.4, 0.5) is 10.1 Å². The van der Waals surface area contributed by atoms with Gasteiger partial charge in [-0.25, -0.2) is 4.39 Å². The Labute approximate surface area is 104 Å². The van der Waals surface area contributed by atoms with Crippen LogP contribution in [0.1, 0.15) is 13.8 Å². The van der Waals surface area contributed by atoms with E-state index in [2.05, 4.69) is 5.32 Å². The molecule has 2 nitrogen and oxygen atoms in total. The number of hydrogen-bond donors (Lipinski definition) is 1. The van der Waals surface area contributed by atoms with Gasteiger partial charge in [0.05, 0.1) is 16.1 Å². The molecule has 1 aromatic rings. The number of alkyl halides is 1. The fourth-order valence-corrected chi connectivity index (χ4v) is 1.23. The third-order valence-corrected chi connectivity index (χ3v) is 3.12. The van der Waals surface area contributed by atoms with Crippen molar-refractivity contribution in [1.29, 1.82) is 0 Å². The SMILES string of the molecule is CC(C)(CCl)C(=O)Nc1cc(F)ccc1Cl. The summed E-state index contributed by atoms with van der Waals surface area (Å²) in [6.45, 7) is 3.39. The standard InChI is InChI=1S/C11H12Cl2FNO/c1-11(2,6-12)10(16)15-9-5-7(14)3-4-8(9)13/h3-5H,6H2,1-2H3,(H,15,16). The van der Waals surface area contributed by atoms with Gasteiger partial charge in [-0.2, -0.15) is 0 Å². The van der Waals surface area contributed by atoms with Gasteiger partial charge in [-0.05, 0) is 32.0 Å². The molecule has 1 N–H and O–H groups in total. The van der Waals surface area contributed by atoms with Gasteiger partial charge in [0.25, 0.3) is 0 Å². The Hall–Kier alpha value is -0.800. The van der Waals surface area contributed by atoms with Crippen molar-refractivity contribution in [2.45, 2.75) is 13.8 Å². The van der Waals surface area contributed by atoms with Gasteiger partial charge in [0.2, 0.25) is 5.91 Å². The maximum atomic E-state index is 12.9. The van der Waals surface area contributed by atoms with Gasteiger partial charge in [-0.1, -0.05) is 11.6 Å². The molecule has 0 saturated carbocycles. The van der Waals surface area contributed by atoms with E-state index in [1.807, 2.05) is 0 Å². The van der Waals surface area contributed by atoms with E-state index in [-0.39, 0.29) is 17.5 Å². The summed E-state index contributed by atoms with van der Waals surface area (Å²) < 4.78 is 12.9. The molecule has 0 spiro atoms. The second-order valence-corrected chi connectivity index (χ2v) is 4.77. The summed E-state index contributed by atoms with van der Waals surface area (Å²) in [5.41, 5.74) is -0.470. The van der Waals surface area contributed by atoms with Crippen molar-refractivity contribution in [3.63, 3.8) is 0 Å². The number of rotatable bonds is 3. The lowest BCUT2D eigenvalue weighted by molar-refractivity contribution is -0.122. The number of hydrogen-bond acceptors (Lipinski definition) is 1. The van der Waals surface area contributed by atoms with E-state index in [1.165, 1.54) is 18.2 Å². The van der Waals surface area contributed by atoms with Gasteiger partial charge in [0, 0.05) is 5.88 Å². The van der Waals surface area contributed by atoms with Crippen LogP contribution in [0.15, 0.2) is 18.2 Å². The Balaban J connectivity index is 2.89. The number of carbonyl (C=O) groups is 1. The number of amides is 1. The monoisotopic (exact) mass is 263 g/mol. The average molecular weight is 264 g/mol. The van der Waals surface area contributed by atoms with E-state index in [0.717, 1.165) is 0 Å². The highest BCUT2D eigenvalue weighted by Crippen LogP contribution is 2.25. The Morgan fingerprint density at radius 2 is 2.12 bits per heavy atom. The van der Waals surface area contributed by atoms with Gasteiger partial charge in [0.1, 0.15) is 5.82 Å². The fourth-order valence-electron chi connectivity index (χ4n) is 0.945. The van der Waals surface area contributed by atoms with Crippen LogP contribution in [0, 0.1) is 11.2 Å². The zero-order chi connectivity index (χ0) is 12.3. The lowest BCUT2D eigenvalue weighted by atomic mass is 9.95. The van der Waals surface area contributed by atoms with Crippen molar-refractivity contribution in [2.75, 3.05) is 11.2 Å². The van der Waals surface area contributed by atoms with Gasteiger partial charge in [-0.3, -0.25) is 4.79 Å². The highest BCUT2D eigenvalue weighted by Gasteiger charge is 2.27. The maximum Gasteiger partial charge on any atom is 0.231 e. The minimum Gasteiger partial charge on any atom is -0.324 e. The Morgan fingerprint density at radius 1 is 1.50 bits per heavy atom. The molecule has 88 valence electrons. The summed E-state index contributed by atoms with van der Waals surface area (Å²) in [6, 6.07) is 3.79. The fraction of sp³-hybridized carbons (Fsp3) is 0.364. The van der Waals surface area contributed by atoms with Gasteiger partial charge in [-0.15, -0.1) is 11.6 Å². The summed E-state index contributed by atoms with van der Waals surface area (Å²) in [7, 11) is 0. The lowest BCUT2D eigenvalue weighted by Gasteiger charge is -2.20. The smallest absolute Gasteiger partial charge is 0.231 e. The second kappa shape index (κ2) is 5.02. The number of nitrogens with one attached hydrogen (secondary N) is 1. The highest BCUT2D eigenvalue weighted by atomic mass is 35.5. The van der Waals surface area contributed by atoms with Gasteiger partial charge in [0.15, 0.2) is 0 Å². The molecule has 0 fully saturated rings. The van der Waals surface area contributed by atoms with Crippen LogP contribution in [0.5, 0.6) is 0 Å². The summed E-state index contributed by atoms with van der Waals surface area (Å²) in [5, 5.41) is 2.84. The van der Waals surface area contributed by atoms with E-state index in [1.54, 1.807) is 13.8 Å². The maximum absolute atomic E-state index is 12.9. The number of anilines is 1. The molecule has 0 heterocycles. The topological polar surface area (TPSA) is 29.1 Å². The first-order valence-electron chi connectivity index (χ1n) is 4.69. The Morgan fingerprint density at radius 3 is 2.69 bits per heavy atom. The third kappa shape index (κ3) is 3.09. The minimum atomic E-state index is -0.725. The van der Waals surface area contributed by atoms with Crippen LogP contribution >= 0.6 is 23.2 Å². The first-order valence-corrected chi connectivity index (χ1v) is 5.60. The molecule has 0 saturated heterocycles. The minimum absolute atomic E-state index is 0.172. The van der Waals surface area contributed by atoms with Crippen LogP contribution in [0.3, 0.4) is 0 Å². The summed E-state index contributed by atoms with van der Waals surface area (Å²) in [6.07, 6.45) is 0. The van der Waals surface area contributed by atoms with Crippen LogP contribution in [0.25, 0.3) is 0 Å².